The zero-order chi connectivity index (χ0) is 32.0. The molecule has 3 N–H and O–H groups in total. The molecule has 0 radical (unpaired) electrons. The summed E-state index contributed by atoms with van der Waals surface area (Å²) in [6.07, 6.45) is 4.93. The lowest BCUT2D eigenvalue weighted by molar-refractivity contribution is 0.181. The first-order valence-corrected chi connectivity index (χ1v) is 15.4. The first kappa shape index (κ1) is 29.5. The molecule has 0 fully saturated rings. The molecule has 7 rings (SSSR count). The van der Waals surface area contributed by atoms with Crippen LogP contribution in [0.3, 0.4) is 0 Å². The molecule has 1 atom stereocenters. The van der Waals surface area contributed by atoms with Crippen molar-refractivity contribution in [2.45, 2.75) is 12.5 Å². The summed E-state index contributed by atoms with van der Waals surface area (Å²) in [5, 5.41) is 15.5. The molecule has 1 amide bonds. The quantitative estimate of drug-likeness (QED) is 0.134. The maximum Gasteiger partial charge on any atom is 0.405 e. The lowest BCUT2D eigenvalue weighted by Crippen LogP contribution is -2.39. The van der Waals surface area contributed by atoms with Gasteiger partial charge in [-0.1, -0.05) is 91.0 Å². The van der Waals surface area contributed by atoms with Gasteiger partial charge in [0, 0.05) is 52.1 Å². The van der Waals surface area contributed by atoms with E-state index in [1.807, 2.05) is 91.3 Å². The van der Waals surface area contributed by atoms with Crippen LogP contribution >= 0.6 is 0 Å². The smallest absolute Gasteiger partial charge is 0.405 e. The van der Waals surface area contributed by atoms with Crippen LogP contribution in [-0.2, 0) is 6.42 Å². The summed E-state index contributed by atoms with van der Waals surface area (Å²) in [5.74, 6) is 0.590. The summed E-state index contributed by atoms with van der Waals surface area (Å²) in [5.41, 5.74) is 7.50. The average Bonchev–Trinajstić information content (AvgIpc) is 3.52. The van der Waals surface area contributed by atoms with Gasteiger partial charge in [-0.3, -0.25) is 4.98 Å². The van der Waals surface area contributed by atoms with Crippen LogP contribution in [0.1, 0.15) is 16.7 Å². The Labute approximate surface area is 272 Å². The highest BCUT2D eigenvalue weighted by Crippen LogP contribution is 2.33. The predicted molar refractivity (Wildman–Crippen MR) is 188 cm³/mol. The van der Waals surface area contributed by atoms with Crippen LogP contribution in [0.25, 0.3) is 32.8 Å². The molecule has 1 unspecified atom stereocenters. The number of aliphatic imine (C=N–C) groups is 1. The summed E-state index contributed by atoms with van der Waals surface area (Å²) in [6, 6.07) is 41.9. The number of pyridine rings is 1. The Morgan fingerprint density at radius 1 is 0.809 bits per heavy atom. The molecule has 0 bridgehead atoms. The highest BCUT2D eigenvalue weighted by Gasteiger charge is 2.17. The number of rotatable bonds is 10. The van der Waals surface area contributed by atoms with Gasteiger partial charge in [0.2, 0.25) is 0 Å². The summed E-state index contributed by atoms with van der Waals surface area (Å²) < 4.78 is 6.40. The fourth-order valence-electron chi connectivity index (χ4n) is 5.87. The standard InChI is InChI=1S/C40H32N4O3/c45-40(46)44-35(21-33-25-42-38-14-8-7-13-37(33)38)26-47-36-22-32(29-15-16-31-24-41-18-17-30(31)19-29)20-34(23-36)43-39(27-9-3-1-4-10-27)28-11-5-2-6-12-28/h1-20,22-25,35,42,44H,21,26H2,(H,45,46). The number of nitrogens with zero attached hydrogens (tertiary/aromatic N) is 2. The Hall–Kier alpha value is -6.21. The van der Waals surface area contributed by atoms with Gasteiger partial charge in [-0.15, -0.1) is 0 Å². The van der Waals surface area contributed by atoms with Crippen molar-refractivity contribution in [3.8, 4) is 16.9 Å². The number of benzene rings is 5. The largest absolute Gasteiger partial charge is 0.491 e. The Bertz CT molecular complexity index is 2150. The van der Waals surface area contributed by atoms with Gasteiger partial charge in [0.1, 0.15) is 12.4 Å². The van der Waals surface area contributed by atoms with E-state index in [0.717, 1.165) is 60.9 Å². The molecular formula is C40H32N4O3. The second-order valence-electron chi connectivity index (χ2n) is 11.4. The van der Waals surface area contributed by atoms with E-state index in [1.165, 1.54) is 0 Å². The van der Waals surface area contributed by atoms with Crippen LogP contribution in [0, 0.1) is 0 Å². The van der Waals surface area contributed by atoms with Gasteiger partial charge in [0.25, 0.3) is 0 Å². The van der Waals surface area contributed by atoms with Crippen molar-refractivity contribution in [3.63, 3.8) is 0 Å². The number of carboxylic acid groups (broad SMARTS) is 1. The second kappa shape index (κ2) is 13.4. The Morgan fingerprint density at radius 2 is 1.55 bits per heavy atom. The number of para-hydroxylation sites is 1. The third kappa shape index (κ3) is 6.89. The van der Waals surface area contributed by atoms with Gasteiger partial charge >= 0.3 is 6.09 Å². The molecule has 5 aromatic carbocycles. The maximum absolute atomic E-state index is 11.8. The summed E-state index contributed by atoms with van der Waals surface area (Å²) >= 11 is 0. The average molecular weight is 617 g/mol. The molecule has 7 nitrogen and oxygen atoms in total. The molecule has 0 spiro atoms. The minimum Gasteiger partial charge on any atom is -0.491 e. The van der Waals surface area contributed by atoms with Crippen molar-refractivity contribution >= 4 is 39.2 Å². The zero-order valence-electron chi connectivity index (χ0n) is 25.5. The number of hydrogen-bond acceptors (Lipinski definition) is 4. The molecule has 2 heterocycles. The number of nitrogens with one attached hydrogen (secondary N) is 2. The van der Waals surface area contributed by atoms with E-state index >= 15 is 0 Å². The number of ether oxygens (including phenoxy) is 1. The number of amides is 1. The minimum atomic E-state index is -1.10. The summed E-state index contributed by atoms with van der Waals surface area (Å²) in [4.78, 5) is 24.5. The molecule has 0 saturated heterocycles. The van der Waals surface area contributed by atoms with Crippen molar-refractivity contribution in [2.75, 3.05) is 6.61 Å². The first-order chi connectivity index (χ1) is 23.1. The van der Waals surface area contributed by atoms with Crippen LogP contribution in [0.15, 0.2) is 151 Å². The highest BCUT2D eigenvalue weighted by atomic mass is 16.5. The van der Waals surface area contributed by atoms with Crippen LogP contribution in [0.5, 0.6) is 5.75 Å². The number of H-pyrrole nitrogens is 1. The SMILES string of the molecule is O=C(O)NC(COc1cc(N=C(c2ccccc2)c2ccccc2)cc(-c2ccc3cnccc3c2)c1)Cc1c[nH]c2ccccc12. The normalized spacial score (nSPS) is 11.7. The topological polar surface area (TPSA) is 99.6 Å². The monoisotopic (exact) mass is 616 g/mol. The van der Waals surface area contributed by atoms with Gasteiger partial charge < -0.3 is 20.1 Å². The molecule has 230 valence electrons. The molecule has 47 heavy (non-hydrogen) atoms. The third-order valence-electron chi connectivity index (χ3n) is 8.12. The molecule has 0 aliphatic heterocycles. The first-order valence-electron chi connectivity index (χ1n) is 15.4. The van der Waals surface area contributed by atoms with Crippen molar-refractivity contribution in [1.82, 2.24) is 15.3 Å². The number of aromatic amines is 1. The fourth-order valence-corrected chi connectivity index (χ4v) is 5.87. The van der Waals surface area contributed by atoms with Gasteiger partial charge in [0.05, 0.1) is 17.4 Å². The van der Waals surface area contributed by atoms with Crippen LogP contribution in [-0.4, -0.2) is 39.5 Å². The number of carbonyl (C=O) groups is 1. The number of aromatic nitrogens is 2. The van der Waals surface area contributed by atoms with E-state index in [-0.39, 0.29) is 6.61 Å². The van der Waals surface area contributed by atoms with Crippen molar-refractivity contribution in [3.05, 3.63) is 163 Å². The van der Waals surface area contributed by atoms with Crippen LogP contribution in [0.4, 0.5) is 10.5 Å². The summed E-state index contributed by atoms with van der Waals surface area (Å²) in [7, 11) is 0. The van der Waals surface area contributed by atoms with E-state index in [2.05, 4.69) is 63.8 Å². The van der Waals surface area contributed by atoms with E-state index in [1.54, 1.807) is 6.20 Å². The molecule has 2 aromatic heterocycles. The molecule has 0 aliphatic carbocycles. The molecule has 0 saturated carbocycles. The maximum atomic E-state index is 11.8. The lowest BCUT2D eigenvalue weighted by atomic mass is 10.0. The zero-order valence-corrected chi connectivity index (χ0v) is 25.5. The number of fused-ring (bicyclic) bond motifs is 2. The Balaban J connectivity index is 1.27. The van der Waals surface area contributed by atoms with E-state index < -0.39 is 12.1 Å². The van der Waals surface area contributed by atoms with Crippen molar-refractivity contribution < 1.29 is 14.6 Å². The predicted octanol–water partition coefficient (Wildman–Crippen LogP) is 8.81. The van der Waals surface area contributed by atoms with Gasteiger partial charge in [-0.25, -0.2) is 9.79 Å². The molecule has 0 aliphatic rings. The Kier molecular flexibility index (Phi) is 8.42. The molecule has 7 aromatic rings. The number of hydrogen-bond donors (Lipinski definition) is 3. The Morgan fingerprint density at radius 3 is 2.32 bits per heavy atom. The minimum absolute atomic E-state index is 0.131. The van der Waals surface area contributed by atoms with Gasteiger partial charge in [0.15, 0.2) is 0 Å². The van der Waals surface area contributed by atoms with E-state index in [4.69, 9.17) is 9.73 Å². The van der Waals surface area contributed by atoms with Gasteiger partial charge in [-0.05, 0) is 58.8 Å². The lowest BCUT2D eigenvalue weighted by Gasteiger charge is -2.18. The fraction of sp³-hybridized carbons (Fsp3) is 0.0750. The third-order valence-corrected chi connectivity index (χ3v) is 8.12. The van der Waals surface area contributed by atoms with Crippen molar-refractivity contribution in [1.29, 1.82) is 0 Å². The van der Waals surface area contributed by atoms with E-state index in [0.29, 0.717) is 12.2 Å². The molecule has 7 heteroatoms. The van der Waals surface area contributed by atoms with Crippen LogP contribution in [0.2, 0.25) is 0 Å². The second-order valence-corrected chi connectivity index (χ2v) is 11.4. The highest BCUT2D eigenvalue weighted by molar-refractivity contribution is 6.14. The summed E-state index contributed by atoms with van der Waals surface area (Å²) in [6.45, 7) is 0.131. The van der Waals surface area contributed by atoms with Gasteiger partial charge in [-0.2, -0.15) is 0 Å². The van der Waals surface area contributed by atoms with Crippen LogP contribution < -0.4 is 10.1 Å². The van der Waals surface area contributed by atoms with Crippen molar-refractivity contribution in [2.24, 2.45) is 4.99 Å². The molecular weight excluding hydrogens is 584 g/mol. The van der Waals surface area contributed by atoms with E-state index in [9.17, 15) is 9.90 Å².